The van der Waals surface area contributed by atoms with Crippen molar-refractivity contribution in [1.29, 1.82) is 0 Å². The zero-order valence-electron chi connectivity index (χ0n) is 9.26. The first-order chi connectivity index (χ1) is 7.79. The van der Waals surface area contributed by atoms with Gasteiger partial charge in [0.05, 0.1) is 6.54 Å². The number of rotatable bonds is 4. The normalized spacial score (nSPS) is 10.3. The number of benzene rings is 1. The third-order valence-corrected chi connectivity index (χ3v) is 3.19. The zero-order valence-corrected chi connectivity index (χ0v) is 10.1. The first kappa shape index (κ1) is 11.0. The van der Waals surface area contributed by atoms with Crippen LogP contribution < -0.4 is 10.6 Å². The van der Waals surface area contributed by atoms with E-state index in [4.69, 9.17) is 5.73 Å². The fraction of sp³-hybridized carbons (Fsp3) is 0.250. The molecule has 0 aliphatic rings. The molecule has 0 amide bonds. The maximum Gasteiger partial charge on any atom is 0.112 e. The Labute approximate surface area is 99.5 Å². The van der Waals surface area contributed by atoms with E-state index in [0.29, 0.717) is 0 Å². The van der Waals surface area contributed by atoms with E-state index in [1.807, 2.05) is 29.8 Å². The topological polar surface area (TPSA) is 42.2 Å². The SMILES string of the molecule is CCN(Cc1nccs1)c1cccc(N)c1. The minimum Gasteiger partial charge on any atom is -0.399 e. The standard InChI is InChI=1S/C12H15N3S/c1-2-15(9-12-14-6-7-16-12)11-5-3-4-10(13)8-11/h3-8H,2,9,13H2,1H3. The van der Waals surface area contributed by atoms with Crippen LogP contribution in [0.5, 0.6) is 0 Å². The van der Waals surface area contributed by atoms with Crippen LogP contribution in [0, 0.1) is 0 Å². The highest BCUT2D eigenvalue weighted by Gasteiger charge is 2.06. The Morgan fingerprint density at radius 1 is 1.44 bits per heavy atom. The van der Waals surface area contributed by atoms with Crippen LogP contribution in [0.2, 0.25) is 0 Å². The molecule has 3 nitrogen and oxygen atoms in total. The zero-order chi connectivity index (χ0) is 11.4. The average molecular weight is 233 g/mol. The van der Waals surface area contributed by atoms with Crippen molar-refractivity contribution >= 4 is 22.7 Å². The molecule has 0 saturated carbocycles. The fourth-order valence-electron chi connectivity index (χ4n) is 1.60. The number of nitrogens with zero attached hydrogens (tertiary/aromatic N) is 2. The van der Waals surface area contributed by atoms with Gasteiger partial charge in [-0.1, -0.05) is 6.07 Å². The van der Waals surface area contributed by atoms with E-state index >= 15 is 0 Å². The summed E-state index contributed by atoms with van der Waals surface area (Å²) in [5.74, 6) is 0. The molecule has 4 heteroatoms. The molecule has 0 atom stereocenters. The second kappa shape index (κ2) is 4.99. The summed E-state index contributed by atoms with van der Waals surface area (Å²) in [6, 6.07) is 7.96. The molecule has 1 aromatic heterocycles. The predicted octanol–water partition coefficient (Wildman–Crippen LogP) is 2.75. The molecule has 0 bridgehead atoms. The summed E-state index contributed by atoms with van der Waals surface area (Å²) in [5.41, 5.74) is 7.74. The lowest BCUT2D eigenvalue weighted by Crippen LogP contribution is -2.21. The van der Waals surface area contributed by atoms with Crippen LogP contribution >= 0.6 is 11.3 Å². The molecule has 16 heavy (non-hydrogen) atoms. The highest BCUT2D eigenvalue weighted by molar-refractivity contribution is 7.09. The largest absolute Gasteiger partial charge is 0.399 e. The molecule has 2 N–H and O–H groups in total. The van der Waals surface area contributed by atoms with Crippen molar-refractivity contribution in [3.05, 3.63) is 40.8 Å². The molecule has 0 saturated heterocycles. The van der Waals surface area contributed by atoms with Crippen molar-refractivity contribution < 1.29 is 0 Å². The van der Waals surface area contributed by atoms with Gasteiger partial charge in [0, 0.05) is 29.5 Å². The molecule has 2 aromatic rings. The highest BCUT2D eigenvalue weighted by atomic mass is 32.1. The van der Waals surface area contributed by atoms with Crippen LogP contribution in [-0.4, -0.2) is 11.5 Å². The van der Waals surface area contributed by atoms with Crippen molar-refractivity contribution in [2.75, 3.05) is 17.2 Å². The van der Waals surface area contributed by atoms with Crippen molar-refractivity contribution in [2.24, 2.45) is 0 Å². The fourth-order valence-corrected chi connectivity index (χ4v) is 2.23. The molecular formula is C12H15N3S. The molecule has 0 fully saturated rings. The van der Waals surface area contributed by atoms with Crippen LogP contribution in [0.1, 0.15) is 11.9 Å². The van der Waals surface area contributed by atoms with E-state index in [0.717, 1.165) is 29.5 Å². The summed E-state index contributed by atoms with van der Waals surface area (Å²) in [5, 5.41) is 3.13. The van der Waals surface area contributed by atoms with Gasteiger partial charge in [-0.2, -0.15) is 0 Å². The maximum atomic E-state index is 5.78. The minimum absolute atomic E-state index is 0.801. The van der Waals surface area contributed by atoms with E-state index < -0.39 is 0 Å². The number of hydrogen-bond acceptors (Lipinski definition) is 4. The number of nitrogens with two attached hydrogens (primary N) is 1. The van der Waals surface area contributed by atoms with Crippen molar-refractivity contribution in [2.45, 2.75) is 13.5 Å². The summed E-state index contributed by atoms with van der Waals surface area (Å²) < 4.78 is 0. The van der Waals surface area contributed by atoms with E-state index in [-0.39, 0.29) is 0 Å². The van der Waals surface area contributed by atoms with Gasteiger partial charge >= 0.3 is 0 Å². The third-order valence-electron chi connectivity index (χ3n) is 2.43. The Bertz CT molecular complexity index is 439. The van der Waals surface area contributed by atoms with Gasteiger partial charge in [0.15, 0.2) is 0 Å². The van der Waals surface area contributed by atoms with Gasteiger partial charge < -0.3 is 10.6 Å². The Morgan fingerprint density at radius 2 is 2.31 bits per heavy atom. The first-order valence-corrected chi connectivity index (χ1v) is 6.16. The maximum absolute atomic E-state index is 5.78. The Hall–Kier alpha value is -1.55. The summed E-state index contributed by atoms with van der Waals surface area (Å²) in [6.07, 6.45) is 1.84. The summed E-state index contributed by atoms with van der Waals surface area (Å²) in [4.78, 5) is 6.56. The number of nitrogen functional groups attached to an aromatic ring is 1. The van der Waals surface area contributed by atoms with Crippen molar-refractivity contribution in [3.8, 4) is 0 Å². The summed E-state index contributed by atoms with van der Waals surface area (Å²) in [6.45, 7) is 3.93. The van der Waals surface area contributed by atoms with Gasteiger partial charge in [-0.15, -0.1) is 11.3 Å². The van der Waals surface area contributed by atoms with E-state index in [9.17, 15) is 0 Å². The number of thiazole rings is 1. The van der Waals surface area contributed by atoms with E-state index in [2.05, 4.69) is 22.9 Å². The Kier molecular flexibility index (Phi) is 3.41. The molecule has 1 heterocycles. The van der Waals surface area contributed by atoms with Crippen LogP contribution in [-0.2, 0) is 6.54 Å². The molecule has 0 aliphatic heterocycles. The molecule has 0 aliphatic carbocycles. The number of anilines is 2. The lowest BCUT2D eigenvalue weighted by Gasteiger charge is -2.22. The van der Waals surface area contributed by atoms with Crippen LogP contribution in [0.15, 0.2) is 35.8 Å². The van der Waals surface area contributed by atoms with E-state index in [1.165, 1.54) is 0 Å². The van der Waals surface area contributed by atoms with E-state index in [1.54, 1.807) is 11.3 Å². The molecule has 0 spiro atoms. The smallest absolute Gasteiger partial charge is 0.112 e. The third kappa shape index (κ3) is 2.52. The minimum atomic E-state index is 0.801. The predicted molar refractivity (Wildman–Crippen MR) is 69.7 cm³/mol. The second-order valence-electron chi connectivity index (χ2n) is 3.54. The average Bonchev–Trinajstić information content (AvgIpc) is 2.78. The number of aromatic nitrogens is 1. The highest BCUT2D eigenvalue weighted by Crippen LogP contribution is 2.20. The molecule has 0 unspecified atom stereocenters. The quantitative estimate of drug-likeness (QED) is 0.826. The Balaban J connectivity index is 2.16. The lowest BCUT2D eigenvalue weighted by molar-refractivity contribution is 0.825. The van der Waals surface area contributed by atoms with Crippen molar-refractivity contribution in [1.82, 2.24) is 4.98 Å². The first-order valence-electron chi connectivity index (χ1n) is 5.28. The van der Waals surface area contributed by atoms with Gasteiger partial charge in [0.2, 0.25) is 0 Å². The number of hydrogen-bond donors (Lipinski definition) is 1. The van der Waals surface area contributed by atoms with Crippen LogP contribution in [0.25, 0.3) is 0 Å². The van der Waals surface area contributed by atoms with Crippen LogP contribution in [0.4, 0.5) is 11.4 Å². The lowest BCUT2D eigenvalue weighted by atomic mass is 10.2. The molecule has 1 aromatic carbocycles. The van der Waals surface area contributed by atoms with Gasteiger partial charge in [-0.3, -0.25) is 0 Å². The molecular weight excluding hydrogens is 218 g/mol. The molecule has 0 radical (unpaired) electrons. The van der Waals surface area contributed by atoms with Crippen LogP contribution in [0.3, 0.4) is 0 Å². The molecule has 2 rings (SSSR count). The van der Waals surface area contributed by atoms with Gasteiger partial charge in [-0.25, -0.2) is 4.98 Å². The van der Waals surface area contributed by atoms with Crippen molar-refractivity contribution in [3.63, 3.8) is 0 Å². The van der Waals surface area contributed by atoms with Gasteiger partial charge in [0.25, 0.3) is 0 Å². The second-order valence-corrected chi connectivity index (χ2v) is 4.51. The summed E-state index contributed by atoms with van der Waals surface area (Å²) >= 11 is 1.68. The Morgan fingerprint density at radius 3 is 2.94 bits per heavy atom. The monoisotopic (exact) mass is 233 g/mol. The van der Waals surface area contributed by atoms with Gasteiger partial charge in [-0.05, 0) is 25.1 Å². The summed E-state index contributed by atoms with van der Waals surface area (Å²) in [7, 11) is 0. The van der Waals surface area contributed by atoms with Gasteiger partial charge in [0.1, 0.15) is 5.01 Å². The molecule has 84 valence electrons.